The van der Waals surface area contributed by atoms with Gasteiger partial charge in [-0.1, -0.05) is 11.6 Å². The van der Waals surface area contributed by atoms with Crippen LogP contribution in [-0.2, 0) is 9.53 Å². The van der Waals surface area contributed by atoms with Crippen molar-refractivity contribution >= 4 is 23.6 Å². The molecule has 21 heavy (non-hydrogen) atoms. The fourth-order valence-electron chi connectivity index (χ4n) is 1.60. The summed E-state index contributed by atoms with van der Waals surface area (Å²) >= 11 is 6.07. The largest absolute Gasteiger partial charge is 0.493 e. The number of esters is 1. The number of carbonyl (C=O) groups is 1. The Bertz CT molecular complexity index is 602. The van der Waals surface area contributed by atoms with E-state index in [1.807, 2.05) is 6.07 Å². The topological polar surface area (TPSA) is 68.5 Å². The van der Waals surface area contributed by atoms with Gasteiger partial charge in [0.15, 0.2) is 11.5 Å². The van der Waals surface area contributed by atoms with E-state index in [-0.39, 0.29) is 11.7 Å². The van der Waals surface area contributed by atoms with Crippen molar-refractivity contribution in [1.29, 1.82) is 5.26 Å². The zero-order chi connectivity index (χ0) is 16.0. The van der Waals surface area contributed by atoms with Crippen molar-refractivity contribution in [3.05, 3.63) is 28.3 Å². The van der Waals surface area contributed by atoms with Gasteiger partial charge in [-0.15, -0.1) is 0 Å². The van der Waals surface area contributed by atoms with Crippen molar-refractivity contribution in [2.75, 3.05) is 14.2 Å². The van der Waals surface area contributed by atoms with E-state index in [0.717, 1.165) is 0 Å². The summed E-state index contributed by atoms with van der Waals surface area (Å²) in [6, 6.07) is 5.00. The number of hydrogen-bond donors (Lipinski definition) is 0. The number of nitrogens with zero attached hydrogens (tertiary/aromatic N) is 1. The van der Waals surface area contributed by atoms with Crippen LogP contribution in [0.2, 0.25) is 5.02 Å². The van der Waals surface area contributed by atoms with Gasteiger partial charge in [-0.3, -0.25) is 0 Å². The lowest BCUT2D eigenvalue weighted by Crippen LogP contribution is -2.12. The smallest absolute Gasteiger partial charge is 0.349 e. The summed E-state index contributed by atoms with van der Waals surface area (Å²) in [5.41, 5.74) is 0.418. The second-order valence-electron chi connectivity index (χ2n) is 4.36. The van der Waals surface area contributed by atoms with Gasteiger partial charge in [0.2, 0.25) is 0 Å². The molecule has 0 fully saturated rings. The number of nitriles is 1. The molecular weight excluding hydrogens is 294 g/mol. The van der Waals surface area contributed by atoms with Gasteiger partial charge >= 0.3 is 5.97 Å². The lowest BCUT2D eigenvalue weighted by atomic mass is 10.1. The zero-order valence-electron chi connectivity index (χ0n) is 12.3. The Morgan fingerprint density at radius 2 is 2.00 bits per heavy atom. The summed E-state index contributed by atoms with van der Waals surface area (Å²) in [4.78, 5) is 11.7. The second kappa shape index (κ2) is 7.55. The number of rotatable bonds is 5. The van der Waals surface area contributed by atoms with Gasteiger partial charge in [-0.25, -0.2) is 4.79 Å². The molecule has 6 heteroatoms. The highest BCUT2D eigenvalue weighted by molar-refractivity contribution is 6.32. The molecule has 1 aromatic rings. The summed E-state index contributed by atoms with van der Waals surface area (Å²) in [6.07, 6.45) is 1.08. The maximum atomic E-state index is 11.7. The molecule has 0 bridgehead atoms. The van der Waals surface area contributed by atoms with Gasteiger partial charge in [0.25, 0.3) is 0 Å². The Kier molecular flexibility index (Phi) is 6.07. The monoisotopic (exact) mass is 309 g/mol. The third-order valence-corrected chi connectivity index (χ3v) is 2.73. The van der Waals surface area contributed by atoms with Crippen LogP contribution in [0.5, 0.6) is 11.5 Å². The first kappa shape index (κ1) is 16.9. The minimum atomic E-state index is -0.682. The summed E-state index contributed by atoms with van der Waals surface area (Å²) in [7, 11) is 2.94. The highest BCUT2D eigenvalue weighted by Crippen LogP contribution is 2.36. The molecule has 0 saturated heterocycles. The average molecular weight is 310 g/mol. The fraction of sp³-hybridized carbons (Fsp3) is 0.333. The van der Waals surface area contributed by atoms with Crippen molar-refractivity contribution in [3.63, 3.8) is 0 Å². The lowest BCUT2D eigenvalue weighted by molar-refractivity contribution is -0.142. The number of halogens is 1. The van der Waals surface area contributed by atoms with Crippen LogP contribution in [0, 0.1) is 11.3 Å². The maximum absolute atomic E-state index is 11.7. The van der Waals surface area contributed by atoms with E-state index in [1.54, 1.807) is 26.0 Å². The molecule has 0 unspecified atom stereocenters. The molecule has 0 radical (unpaired) electrons. The highest BCUT2D eigenvalue weighted by atomic mass is 35.5. The van der Waals surface area contributed by atoms with Gasteiger partial charge in [0.1, 0.15) is 11.6 Å². The predicted molar refractivity (Wildman–Crippen MR) is 79.4 cm³/mol. The quantitative estimate of drug-likeness (QED) is 0.474. The van der Waals surface area contributed by atoms with Crippen molar-refractivity contribution in [1.82, 2.24) is 0 Å². The average Bonchev–Trinajstić information content (AvgIpc) is 2.43. The first-order valence-electron chi connectivity index (χ1n) is 6.17. The summed E-state index contributed by atoms with van der Waals surface area (Å²) in [5.74, 6) is 0.115. The Hall–Kier alpha value is -2.19. The Morgan fingerprint density at radius 3 is 2.48 bits per heavy atom. The fourth-order valence-corrected chi connectivity index (χ4v) is 1.90. The molecule has 112 valence electrons. The van der Waals surface area contributed by atoms with E-state index in [9.17, 15) is 4.79 Å². The van der Waals surface area contributed by atoms with E-state index in [4.69, 9.17) is 31.1 Å². The molecule has 0 aliphatic rings. The first-order valence-corrected chi connectivity index (χ1v) is 6.55. The summed E-state index contributed by atoms with van der Waals surface area (Å²) in [5, 5.41) is 9.38. The molecule has 5 nitrogen and oxygen atoms in total. The molecular formula is C15H16ClNO4. The first-order chi connectivity index (χ1) is 9.92. The normalized spacial score (nSPS) is 11.0. The molecule has 0 spiro atoms. The highest BCUT2D eigenvalue weighted by Gasteiger charge is 2.15. The van der Waals surface area contributed by atoms with E-state index in [0.29, 0.717) is 22.1 Å². The van der Waals surface area contributed by atoms with Crippen LogP contribution in [-0.4, -0.2) is 26.3 Å². The van der Waals surface area contributed by atoms with Crippen molar-refractivity contribution in [2.45, 2.75) is 20.0 Å². The standard InChI is InChI=1S/C15H16ClNO4/c1-9(2)21-15(18)11(8-17)5-10-6-12(16)14(20-4)13(7-10)19-3/h5-7,9H,1-4H3/b11-5-. The summed E-state index contributed by atoms with van der Waals surface area (Å²) < 4.78 is 15.3. The molecule has 0 aliphatic carbocycles. The Morgan fingerprint density at radius 1 is 1.33 bits per heavy atom. The van der Waals surface area contributed by atoms with Crippen molar-refractivity contribution in [3.8, 4) is 17.6 Å². The molecule has 0 N–H and O–H groups in total. The van der Waals surface area contributed by atoms with Crippen LogP contribution in [0.1, 0.15) is 19.4 Å². The van der Waals surface area contributed by atoms with E-state index in [1.165, 1.54) is 20.3 Å². The van der Waals surface area contributed by atoms with Gasteiger partial charge in [0.05, 0.1) is 25.3 Å². The van der Waals surface area contributed by atoms with Gasteiger partial charge in [-0.05, 0) is 37.6 Å². The van der Waals surface area contributed by atoms with Crippen molar-refractivity contribution < 1.29 is 19.0 Å². The van der Waals surface area contributed by atoms with Crippen LogP contribution in [0.15, 0.2) is 17.7 Å². The van der Waals surface area contributed by atoms with Crippen LogP contribution < -0.4 is 9.47 Å². The van der Waals surface area contributed by atoms with Gasteiger partial charge in [-0.2, -0.15) is 5.26 Å². The second-order valence-corrected chi connectivity index (χ2v) is 4.77. The maximum Gasteiger partial charge on any atom is 0.349 e. The van der Waals surface area contributed by atoms with E-state index >= 15 is 0 Å². The van der Waals surface area contributed by atoms with Crippen LogP contribution in [0.3, 0.4) is 0 Å². The molecule has 0 atom stereocenters. The molecule has 0 saturated carbocycles. The predicted octanol–water partition coefficient (Wildman–Crippen LogP) is 3.22. The number of ether oxygens (including phenoxy) is 3. The lowest BCUT2D eigenvalue weighted by Gasteiger charge is -2.10. The minimum Gasteiger partial charge on any atom is -0.493 e. The van der Waals surface area contributed by atoms with Gasteiger partial charge < -0.3 is 14.2 Å². The number of hydrogen-bond acceptors (Lipinski definition) is 5. The minimum absolute atomic E-state index is 0.119. The molecule has 1 aromatic carbocycles. The molecule has 1 rings (SSSR count). The van der Waals surface area contributed by atoms with Crippen LogP contribution in [0.25, 0.3) is 6.08 Å². The van der Waals surface area contributed by atoms with Crippen LogP contribution >= 0.6 is 11.6 Å². The zero-order valence-corrected chi connectivity index (χ0v) is 13.0. The number of benzene rings is 1. The summed E-state index contributed by atoms with van der Waals surface area (Å²) in [6.45, 7) is 3.42. The van der Waals surface area contributed by atoms with Crippen LogP contribution in [0.4, 0.5) is 0 Å². The van der Waals surface area contributed by atoms with Crippen molar-refractivity contribution in [2.24, 2.45) is 0 Å². The molecule has 0 amide bonds. The SMILES string of the molecule is COc1cc(/C=C(/C#N)C(=O)OC(C)C)cc(Cl)c1OC. The third-order valence-electron chi connectivity index (χ3n) is 2.45. The molecule has 0 aliphatic heterocycles. The van der Waals surface area contributed by atoms with E-state index < -0.39 is 5.97 Å². The number of methoxy groups -OCH3 is 2. The Balaban J connectivity index is 3.21. The van der Waals surface area contributed by atoms with Gasteiger partial charge in [0, 0.05) is 0 Å². The third kappa shape index (κ3) is 4.40. The molecule has 0 heterocycles. The van der Waals surface area contributed by atoms with E-state index in [2.05, 4.69) is 0 Å². The number of carbonyl (C=O) groups excluding carboxylic acids is 1. The molecule has 0 aromatic heterocycles. The Labute approximate surface area is 128 Å².